The van der Waals surface area contributed by atoms with Crippen molar-refractivity contribution in [1.29, 1.82) is 0 Å². The van der Waals surface area contributed by atoms with Gasteiger partial charge in [-0.3, -0.25) is 4.29 Å². The first-order valence-corrected chi connectivity index (χ1v) is 6.12. The van der Waals surface area contributed by atoms with Crippen molar-refractivity contribution in [2.24, 2.45) is 11.3 Å². The van der Waals surface area contributed by atoms with Gasteiger partial charge in [0.1, 0.15) is 0 Å². The standard InChI is InChI=1S/C12H23ClO/c1-12(2,3)10-6-4-8-11(14-13)9-5-7-10/h10-11H,4-9H2,1-3H3. The Hall–Kier alpha value is 0.250. The molecule has 1 saturated carbocycles. The molecule has 1 aliphatic carbocycles. The molecule has 2 heteroatoms. The zero-order valence-electron chi connectivity index (χ0n) is 9.68. The van der Waals surface area contributed by atoms with E-state index in [1.54, 1.807) is 0 Å². The van der Waals surface area contributed by atoms with E-state index in [4.69, 9.17) is 16.2 Å². The van der Waals surface area contributed by atoms with Crippen LogP contribution in [0.5, 0.6) is 0 Å². The lowest BCUT2D eigenvalue weighted by Gasteiger charge is -2.33. The molecule has 0 unspecified atom stereocenters. The van der Waals surface area contributed by atoms with E-state index in [-0.39, 0.29) is 0 Å². The average Bonchev–Trinajstić information content (AvgIpc) is 2.01. The molecule has 1 nitrogen and oxygen atoms in total. The molecule has 14 heavy (non-hydrogen) atoms. The van der Waals surface area contributed by atoms with Crippen molar-refractivity contribution in [2.75, 3.05) is 0 Å². The predicted octanol–water partition coefficient (Wildman–Crippen LogP) is 4.54. The Morgan fingerprint density at radius 2 is 1.50 bits per heavy atom. The van der Waals surface area contributed by atoms with Crippen molar-refractivity contribution in [3.05, 3.63) is 0 Å². The summed E-state index contributed by atoms with van der Waals surface area (Å²) in [6, 6.07) is 0. The van der Waals surface area contributed by atoms with Gasteiger partial charge in [-0.25, -0.2) is 0 Å². The van der Waals surface area contributed by atoms with Crippen LogP contribution < -0.4 is 0 Å². The number of hydrogen-bond donors (Lipinski definition) is 0. The first-order valence-electron chi connectivity index (χ1n) is 5.81. The lowest BCUT2D eigenvalue weighted by molar-refractivity contribution is 0.137. The van der Waals surface area contributed by atoms with E-state index in [9.17, 15) is 0 Å². The van der Waals surface area contributed by atoms with E-state index >= 15 is 0 Å². The highest BCUT2D eigenvalue weighted by Crippen LogP contribution is 2.36. The Morgan fingerprint density at radius 1 is 1.00 bits per heavy atom. The van der Waals surface area contributed by atoms with E-state index in [0.29, 0.717) is 11.5 Å². The topological polar surface area (TPSA) is 9.23 Å². The average molecular weight is 219 g/mol. The molecule has 0 spiro atoms. The van der Waals surface area contributed by atoms with Gasteiger partial charge in [0.25, 0.3) is 0 Å². The van der Waals surface area contributed by atoms with E-state index in [1.807, 2.05) is 0 Å². The highest BCUT2D eigenvalue weighted by molar-refractivity contribution is 6.07. The zero-order chi connectivity index (χ0) is 10.6. The van der Waals surface area contributed by atoms with E-state index < -0.39 is 0 Å². The van der Waals surface area contributed by atoms with E-state index in [2.05, 4.69) is 20.8 Å². The minimum Gasteiger partial charge on any atom is -0.276 e. The van der Waals surface area contributed by atoms with Gasteiger partial charge in [0.15, 0.2) is 0 Å². The summed E-state index contributed by atoms with van der Waals surface area (Å²) in [5.74, 6) is 0.874. The molecule has 1 rings (SSSR count). The van der Waals surface area contributed by atoms with Crippen LogP contribution in [0.25, 0.3) is 0 Å². The fourth-order valence-corrected chi connectivity index (χ4v) is 2.61. The SMILES string of the molecule is CC(C)(C)C1CCCC(OCl)CCC1. The molecular formula is C12H23ClO. The third-order valence-electron chi connectivity index (χ3n) is 3.51. The van der Waals surface area contributed by atoms with Crippen LogP contribution in [-0.4, -0.2) is 6.10 Å². The second kappa shape index (κ2) is 5.37. The second-order valence-corrected chi connectivity index (χ2v) is 5.81. The fourth-order valence-electron chi connectivity index (χ4n) is 2.43. The summed E-state index contributed by atoms with van der Waals surface area (Å²) >= 11 is 5.43. The van der Waals surface area contributed by atoms with Crippen LogP contribution in [-0.2, 0) is 4.29 Å². The summed E-state index contributed by atoms with van der Waals surface area (Å²) in [5, 5.41) is 0. The van der Waals surface area contributed by atoms with Gasteiger partial charge in [0.2, 0.25) is 0 Å². The van der Waals surface area contributed by atoms with Gasteiger partial charge in [-0.15, -0.1) is 0 Å². The van der Waals surface area contributed by atoms with Gasteiger partial charge in [0.05, 0.1) is 18.0 Å². The van der Waals surface area contributed by atoms with Gasteiger partial charge in [0, 0.05) is 0 Å². The molecule has 0 aromatic carbocycles. The van der Waals surface area contributed by atoms with Crippen LogP contribution in [0, 0.1) is 11.3 Å². The Balaban J connectivity index is 2.40. The summed E-state index contributed by atoms with van der Waals surface area (Å²) in [5.41, 5.74) is 0.467. The van der Waals surface area contributed by atoms with Crippen molar-refractivity contribution >= 4 is 11.9 Å². The van der Waals surface area contributed by atoms with Crippen LogP contribution in [0.1, 0.15) is 59.3 Å². The van der Waals surface area contributed by atoms with Gasteiger partial charge in [-0.2, -0.15) is 0 Å². The van der Waals surface area contributed by atoms with E-state index in [0.717, 1.165) is 18.8 Å². The first-order chi connectivity index (χ1) is 6.54. The van der Waals surface area contributed by atoms with Gasteiger partial charge >= 0.3 is 0 Å². The second-order valence-electron chi connectivity index (χ2n) is 5.64. The minimum atomic E-state index is 0.303. The Morgan fingerprint density at radius 3 is 1.86 bits per heavy atom. The third-order valence-corrected chi connectivity index (χ3v) is 3.76. The van der Waals surface area contributed by atoms with Crippen LogP contribution in [0.15, 0.2) is 0 Å². The van der Waals surface area contributed by atoms with Crippen LogP contribution in [0.2, 0.25) is 0 Å². The van der Waals surface area contributed by atoms with Crippen molar-refractivity contribution in [2.45, 2.75) is 65.4 Å². The molecule has 0 radical (unpaired) electrons. The molecule has 84 valence electrons. The molecule has 0 aliphatic heterocycles. The molecule has 0 amide bonds. The molecular weight excluding hydrogens is 196 g/mol. The molecule has 0 heterocycles. The van der Waals surface area contributed by atoms with Crippen LogP contribution in [0.3, 0.4) is 0 Å². The lowest BCUT2D eigenvalue weighted by Crippen LogP contribution is -2.23. The largest absolute Gasteiger partial charge is 0.276 e. The molecule has 0 atom stereocenters. The summed E-state index contributed by atoms with van der Waals surface area (Å²) in [4.78, 5) is 0. The molecule has 1 aliphatic rings. The zero-order valence-corrected chi connectivity index (χ0v) is 10.4. The Bertz CT molecular complexity index is 152. The smallest absolute Gasteiger partial charge is 0.0790 e. The number of rotatable bonds is 1. The molecule has 0 saturated heterocycles. The van der Waals surface area contributed by atoms with Crippen LogP contribution in [0.4, 0.5) is 0 Å². The lowest BCUT2D eigenvalue weighted by atomic mass is 9.74. The molecule has 0 aromatic heterocycles. The number of halogens is 1. The van der Waals surface area contributed by atoms with Crippen molar-refractivity contribution < 1.29 is 4.29 Å². The summed E-state index contributed by atoms with van der Waals surface area (Å²) in [6.45, 7) is 7.07. The molecule has 0 N–H and O–H groups in total. The maximum Gasteiger partial charge on any atom is 0.0790 e. The Labute approximate surface area is 93.3 Å². The van der Waals surface area contributed by atoms with Gasteiger partial charge in [-0.1, -0.05) is 33.6 Å². The normalized spacial score (nSPS) is 30.9. The number of hydrogen-bond acceptors (Lipinski definition) is 1. The molecule has 0 aromatic rings. The first kappa shape index (κ1) is 12.3. The summed E-state index contributed by atoms with van der Waals surface area (Å²) in [6.07, 6.45) is 7.77. The third kappa shape index (κ3) is 3.78. The maximum atomic E-state index is 5.43. The molecule has 0 bridgehead atoms. The van der Waals surface area contributed by atoms with Crippen molar-refractivity contribution in [1.82, 2.24) is 0 Å². The monoisotopic (exact) mass is 218 g/mol. The highest BCUT2D eigenvalue weighted by Gasteiger charge is 2.26. The fraction of sp³-hybridized carbons (Fsp3) is 1.00. The predicted molar refractivity (Wildman–Crippen MR) is 61.4 cm³/mol. The van der Waals surface area contributed by atoms with Crippen molar-refractivity contribution in [3.8, 4) is 0 Å². The molecule has 1 fully saturated rings. The highest BCUT2D eigenvalue weighted by atomic mass is 35.5. The summed E-state index contributed by atoms with van der Waals surface area (Å²) in [7, 11) is 0. The van der Waals surface area contributed by atoms with Crippen molar-refractivity contribution in [3.63, 3.8) is 0 Å². The van der Waals surface area contributed by atoms with Gasteiger partial charge in [-0.05, 0) is 37.0 Å². The van der Waals surface area contributed by atoms with Crippen LogP contribution >= 0.6 is 11.9 Å². The Kier molecular flexibility index (Phi) is 4.72. The quantitative estimate of drug-likeness (QED) is 0.628. The maximum absolute atomic E-state index is 5.43. The summed E-state index contributed by atoms with van der Waals surface area (Å²) < 4.78 is 4.92. The van der Waals surface area contributed by atoms with Gasteiger partial charge < -0.3 is 0 Å². The van der Waals surface area contributed by atoms with E-state index in [1.165, 1.54) is 25.7 Å². The minimum absolute atomic E-state index is 0.303.